The molecule has 0 saturated heterocycles. The number of hydrogen-bond donors (Lipinski definition) is 2. The lowest BCUT2D eigenvalue weighted by atomic mass is 10.2. The minimum Gasteiger partial charge on any atom is -0.494 e. The van der Waals surface area contributed by atoms with E-state index in [0.29, 0.717) is 18.8 Å². The van der Waals surface area contributed by atoms with Crippen LogP contribution in [0.3, 0.4) is 0 Å². The molecule has 0 radical (unpaired) electrons. The maximum atomic E-state index is 12.1. The fraction of sp³-hybridized carbons (Fsp3) is 0.312. The van der Waals surface area contributed by atoms with E-state index in [-0.39, 0.29) is 24.3 Å². The first-order chi connectivity index (χ1) is 12.4. The summed E-state index contributed by atoms with van der Waals surface area (Å²) in [6.07, 6.45) is 1.63. The van der Waals surface area contributed by atoms with Gasteiger partial charge in [0, 0.05) is 20.0 Å². The second-order valence-electron chi connectivity index (χ2n) is 5.47. The molecule has 0 spiro atoms. The summed E-state index contributed by atoms with van der Waals surface area (Å²) < 4.78 is 6.62. The van der Waals surface area contributed by atoms with E-state index in [1.54, 1.807) is 24.3 Å². The third kappa shape index (κ3) is 5.30. The summed E-state index contributed by atoms with van der Waals surface area (Å²) in [5, 5.41) is 25.9. The van der Waals surface area contributed by atoms with Crippen LogP contribution < -0.4 is 10.1 Å². The molecule has 0 aliphatic rings. The van der Waals surface area contributed by atoms with Gasteiger partial charge in [0.1, 0.15) is 11.9 Å². The fourth-order valence-corrected chi connectivity index (χ4v) is 2.15. The lowest BCUT2D eigenvalue weighted by Gasteiger charge is -2.07. The molecule has 0 fully saturated rings. The van der Waals surface area contributed by atoms with E-state index >= 15 is 0 Å². The molecule has 0 saturated carbocycles. The van der Waals surface area contributed by atoms with Gasteiger partial charge in [0.25, 0.3) is 5.91 Å². The molecule has 138 valence electrons. The Labute approximate surface area is 148 Å². The number of ether oxygens (including phenoxy) is 1. The third-order valence-electron chi connectivity index (χ3n) is 3.40. The number of nitro groups is 1. The number of aryl methyl sites for hydroxylation is 1. The summed E-state index contributed by atoms with van der Waals surface area (Å²) in [6, 6.07) is 6.87. The number of rotatable bonds is 9. The minimum absolute atomic E-state index is 0.0454. The lowest BCUT2D eigenvalue weighted by Crippen LogP contribution is -2.24. The van der Waals surface area contributed by atoms with Gasteiger partial charge >= 0.3 is 11.7 Å². The molecule has 2 N–H and O–H groups in total. The number of nitrogens with one attached hydrogen (secondary N) is 1. The van der Waals surface area contributed by atoms with Crippen LogP contribution >= 0.6 is 0 Å². The molecular weight excluding hydrogens is 344 g/mol. The van der Waals surface area contributed by atoms with Crippen LogP contribution in [-0.4, -0.2) is 38.3 Å². The van der Waals surface area contributed by atoms with Crippen molar-refractivity contribution < 1.29 is 24.4 Å². The Hall–Kier alpha value is -3.43. The van der Waals surface area contributed by atoms with Crippen LogP contribution in [0, 0.1) is 10.1 Å². The molecule has 1 amide bonds. The number of carbonyl (C=O) groups is 2. The third-order valence-corrected chi connectivity index (χ3v) is 3.40. The van der Waals surface area contributed by atoms with E-state index in [9.17, 15) is 19.7 Å². The number of amides is 1. The van der Waals surface area contributed by atoms with Crippen molar-refractivity contribution >= 4 is 17.6 Å². The van der Waals surface area contributed by atoms with Crippen LogP contribution in [0.4, 0.5) is 5.69 Å². The number of carboxylic acid groups (broad SMARTS) is 1. The highest BCUT2D eigenvalue weighted by Gasteiger charge is 2.24. The van der Waals surface area contributed by atoms with Gasteiger partial charge in [-0.25, -0.2) is 0 Å². The van der Waals surface area contributed by atoms with Crippen molar-refractivity contribution in [3.05, 3.63) is 51.8 Å². The highest BCUT2D eigenvalue weighted by atomic mass is 16.6. The van der Waals surface area contributed by atoms with Crippen LogP contribution in [0.1, 0.15) is 28.9 Å². The Bertz CT molecular complexity index is 800. The Morgan fingerprint density at radius 1 is 1.35 bits per heavy atom. The minimum atomic E-state index is -0.868. The molecule has 1 aromatic carbocycles. The Kier molecular flexibility index (Phi) is 6.25. The normalized spacial score (nSPS) is 10.3. The second-order valence-corrected chi connectivity index (χ2v) is 5.47. The molecule has 0 aliphatic heterocycles. The number of hydrogen-bond acceptors (Lipinski definition) is 6. The molecular formula is C16H18N4O6. The number of carbonyl (C=O) groups excluding carboxylic acids is 1. The van der Waals surface area contributed by atoms with E-state index < -0.39 is 16.8 Å². The van der Waals surface area contributed by atoms with Crippen LogP contribution in [-0.2, 0) is 18.4 Å². The average Bonchev–Trinajstić information content (AvgIpc) is 3.00. The summed E-state index contributed by atoms with van der Waals surface area (Å²) in [5.41, 5.74) is 0.181. The summed E-state index contributed by atoms with van der Waals surface area (Å²) in [6.45, 7) is 0.470. The van der Waals surface area contributed by atoms with Crippen molar-refractivity contribution in [2.75, 3.05) is 6.61 Å². The quantitative estimate of drug-likeness (QED) is 0.392. The monoisotopic (exact) mass is 362 g/mol. The van der Waals surface area contributed by atoms with Gasteiger partial charge in [0.15, 0.2) is 0 Å². The molecule has 0 unspecified atom stereocenters. The molecule has 10 nitrogen and oxygen atoms in total. The largest absolute Gasteiger partial charge is 0.494 e. The van der Waals surface area contributed by atoms with Crippen molar-refractivity contribution in [2.45, 2.75) is 19.4 Å². The zero-order chi connectivity index (χ0) is 19.1. The summed E-state index contributed by atoms with van der Waals surface area (Å²) in [7, 11) is 1.50. The standard InChI is InChI=1S/C16H18N4O6/c1-19-10-13(20(24)25)15(18-19)16(23)17-9-11-4-6-12(7-5-11)26-8-2-3-14(21)22/h4-7,10H,2-3,8-9H2,1H3,(H,17,23)(H,21,22). The maximum absolute atomic E-state index is 12.1. The molecule has 2 rings (SSSR count). The van der Waals surface area contributed by atoms with Gasteiger partial charge in [-0.2, -0.15) is 5.10 Å². The molecule has 1 heterocycles. The summed E-state index contributed by atoms with van der Waals surface area (Å²) in [5.74, 6) is -0.912. The Morgan fingerprint density at radius 2 is 2.04 bits per heavy atom. The van der Waals surface area contributed by atoms with Crippen molar-refractivity contribution in [3.63, 3.8) is 0 Å². The van der Waals surface area contributed by atoms with Gasteiger partial charge in [-0.05, 0) is 24.1 Å². The first-order valence-electron chi connectivity index (χ1n) is 7.76. The molecule has 10 heteroatoms. The fourth-order valence-electron chi connectivity index (χ4n) is 2.15. The van der Waals surface area contributed by atoms with E-state index in [1.807, 2.05) is 0 Å². The Morgan fingerprint density at radius 3 is 2.65 bits per heavy atom. The predicted molar refractivity (Wildman–Crippen MR) is 89.8 cm³/mol. The van der Waals surface area contributed by atoms with Gasteiger partial charge in [0.05, 0.1) is 11.5 Å². The predicted octanol–water partition coefficient (Wildman–Crippen LogP) is 1.50. The number of carboxylic acids is 1. The van der Waals surface area contributed by atoms with E-state index in [4.69, 9.17) is 9.84 Å². The molecule has 1 aromatic heterocycles. The van der Waals surface area contributed by atoms with E-state index in [1.165, 1.54) is 17.9 Å². The van der Waals surface area contributed by atoms with Crippen LogP contribution in [0.15, 0.2) is 30.5 Å². The van der Waals surface area contributed by atoms with Gasteiger partial charge < -0.3 is 15.2 Å². The van der Waals surface area contributed by atoms with Gasteiger partial charge in [-0.1, -0.05) is 12.1 Å². The van der Waals surface area contributed by atoms with Crippen LogP contribution in [0.2, 0.25) is 0 Å². The average molecular weight is 362 g/mol. The zero-order valence-electron chi connectivity index (χ0n) is 14.0. The molecule has 0 aliphatic carbocycles. The SMILES string of the molecule is Cn1cc([N+](=O)[O-])c(C(=O)NCc2ccc(OCCCC(=O)O)cc2)n1. The molecule has 2 aromatic rings. The maximum Gasteiger partial charge on any atom is 0.320 e. The first-order valence-corrected chi connectivity index (χ1v) is 7.76. The topological polar surface area (TPSA) is 137 Å². The molecule has 0 bridgehead atoms. The lowest BCUT2D eigenvalue weighted by molar-refractivity contribution is -0.385. The van der Waals surface area contributed by atoms with Gasteiger partial charge in [0.2, 0.25) is 5.69 Å². The van der Waals surface area contributed by atoms with Crippen LogP contribution in [0.5, 0.6) is 5.75 Å². The first kappa shape index (κ1) is 18.9. The van der Waals surface area contributed by atoms with Crippen molar-refractivity contribution in [3.8, 4) is 5.75 Å². The summed E-state index contributed by atoms with van der Waals surface area (Å²) in [4.78, 5) is 32.8. The van der Waals surface area contributed by atoms with Crippen molar-refractivity contribution in [1.82, 2.24) is 15.1 Å². The van der Waals surface area contributed by atoms with Crippen molar-refractivity contribution in [1.29, 1.82) is 0 Å². The number of nitrogens with zero attached hydrogens (tertiary/aromatic N) is 3. The number of aromatic nitrogens is 2. The van der Waals surface area contributed by atoms with Crippen LogP contribution in [0.25, 0.3) is 0 Å². The van der Waals surface area contributed by atoms with Gasteiger partial charge in [-0.15, -0.1) is 0 Å². The Balaban J connectivity index is 1.87. The zero-order valence-corrected chi connectivity index (χ0v) is 14.0. The van der Waals surface area contributed by atoms with Crippen molar-refractivity contribution in [2.24, 2.45) is 7.05 Å². The number of benzene rings is 1. The highest BCUT2D eigenvalue weighted by Crippen LogP contribution is 2.16. The van der Waals surface area contributed by atoms with E-state index in [0.717, 1.165) is 5.56 Å². The highest BCUT2D eigenvalue weighted by molar-refractivity contribution is 5.95. The smallest absolute Gasteiger partial charge is 0.320 e. The van der Waals surface area contributed by atoms with Gasteiger partial charge in [-0.3, -0.25) is 24.4 Å². The molecule has 0 atom stereocenters. The molecule has 26 heavy (non-hydrogen) atoms. The van der Waals surface area contributed by atoms with E-state index in [2.05, 4.69) is 10.4 Å². The second kappa shape index (κ2) is 8.60. The summed E-state index contributed by atoms with van der Waals surface area (Å²) >= 11 is 0. The number of aliphatic carboxylic acids is 1.